The van der Waals surface area contributed by atoms with Gasteiger partial charge in [0.25, 0.3) is 0 Å². The van der Waals surface area contributed by atoms with Crippen molar-refractivity contribution in [3.8, 4) is 0 Å². The summed E-state index contributed by atoms with van der Waals surface area (Å²) >= 11 is 0. The Bertz CT molecular complexity index is 180. The van der Waals surface area contributed by atoms with Crippen LogP contribution in [0, 0.1) is 0 Å². The Balaban J connectivity index is 2.52. The molecule has 16 heavy (non-hydrogen) atoms. The van der Waals surface area contributed by atoms with Crippen LogP contribution in [0.5, 0.6) is 0 Å². The Labute approximate surface area is 102 Å². The summed E-state index contributed by atoms with van der Waals surface area (Å²) in [4.78, 5) is 2.71. The Morgan fingerprint density at radius 1 is 1.19 bits per heavy atom. The molecule has 2 nitrogen and oxygen atoms in total. The van der Waals surface area contributed by atoms with Gasteiger partial charge in [-0.2, -0.15) is 0 Å². The highest BCUT2D eigenvalue weighted by Crippen LogP contribution is 2.26. The van der Waals surface area contributed by atoms with Gasteiger partial charge in [0.2, 0.25) is 0 Å². The van der Waals surface area contributed by atoms with E-state index in [0.29, 0.717) is 6.04 Å². The summed E-state index contributed by atoms with van der Waals surface area (Å²) in [5.74, 6) is 0. The van der Waals surface area contributed by atoms with Crippen molar-refractivity contribution < 1.29 is 0 Å². The molecule has 0 aliphatic heterocycles. The fourth-order valence-corrected chi connectivity index (χ4v) is 2.97. The molecular formula is C14H30N2. The second kappa shape index (κ2) is 7.29. The molecule has 0 aromatic rings. The van der Waals surface area contributed by atoms with Crippen LogP contribution in [0.3, 0.4) is 0 Å². The monoisotopic (exact) mass is 226 g/mol. The first kappa shape index (κ1) is 14.0. The summed E-state index contributed by atoms with van der Waals surface area (Å²) in [6.07, 6.45) is 6.68. The average Bonchev–Trinajstić information content (AvgIpc) is 2.70. The molecule has 0 heterocycles. The quantitative estimate of drug-likeness (QED) is 0.718. The maximum Gasteiger partial charge on any atom is 0.0252 e. The molecule has 0 aromatic carbocycles. The van der Waals surface area contributed by atoms with Crippen LogP contribution >= 0.6 is 0 Å². The molecule has 1 aliphatic rings. The lowest BCUT2D eigenvalue weighted by Gasteiger charge is -2.36. The zero-order valence-corrected chi connectivity index (χ0v) is 11.6. The largest absolute Gasteiger partial charge is 0.312 e. The van der Waals surface area contributed by atoms with E-state index in [9.17, 15) is 0 Å². The van der Waals surface area contributed by atoms with Crippen molar-refractivity contribution in [1.82, 2.24) is 10.2 Å². The second-order valence-corrected chi connectivity index (χ2v) is 5.39. The third-order valence-corrected chi connectivity index (χ3v) is 3.71. The van der Waals surface area contributed by atoms with Gasteiger partial charge in [-0.25, -0.2) is 0 Å². The van der Waals surface area contributed by atoms with Gasteiger partial charge in [0.05, 0.1) is 0 Å². The van der Waals surface area contributed by atoms with Gasteiger partial charge in [-0.05, 0) is 52.6 Å². The van der Waals surface area contributed by atoms with Crippen molar-refractivity contribution in [2.75, 3.05) is 13.1 Å². The minimum absolute atomic E-state index is 0.689. The van der Waals surface area contributed by atoms with Crippen molar-refractivity contribution in [1.29, 1.82) is 0 Å². The van der Waals surface area contributed by atoms with Crippen LogP contribution in [-0.2, 0) is 0 Å². The summed E-state index contributed by atoms with van der Waals surface area (Å²) in [7, 11) is 0. The topological polar surface area (TPSA) is 15.3 Å². The predicted octanol–water partition coefficient (Wildman–Crippen LogP) is 3.03. The standard InChI is InChI=1S/C14H30N2/c1-5-10-15-13-8-7-9-14(13)16(11-6-2)12(3)4/h12-15H,5-11H2,1-4H3. The summed E-state index contributed by atoms with van der Waals surface area (Å²) in [5, 5.41) is 3.73. The van der Waals surface area contributed by atoms with Gasteiger partial charge in [0, 0.05) is 18.1 Å². The van der Waals surface area contributed by atoms with Crippen LogP contribution in [0.15, 0.2) is 0 Å². The third-order valence-electron chi connectivity index (χ3n) is 3.71. The van der Waals surface area contributed by atoms with Crippen molar-refractivity contribution in [2.24, 2.45) is 0 Å². The number of nitrogens with zero attached hydrogens (tertiary/aromatic N) is 1. The molecule has 1 aliphatic carbocycles. The lowest BCUT2D eigenvalue weighted by atomic mass is 10.1. The Kier molecular flexibility index (Phi) is 6.37. The van der Waals surface area contributed by atoms with E-state index < -0.39 is 0 Å². The molecule has 0 amide bonds. The van der Waals surface area contributed by atoms with E-state index in [0.717, 1.165) is 12.1 Å². The Hall–Kier alpha value is -0.0800. The first-order valence-corrected chi connectivity index (χ1v) is 7.19. The molecule has 0 radical (unpaired) electrons. The maximum atomic E-state index is 3.73. The maximum absolute atomic E-state index is 3.73. The van der Waals surface area contributed by atoms with E-state index in [4.69, 9.17) is 0 Å². The van der Waals surface area contributed by atoms with Gasteiger partial charge in [-0.15, -0.1) is 0 Å². The smallest absolute Gasteiger partial charge is 0.0252 e. The first-order chi connectivity index (χ1) is 7.70. The molecule has 1 fully saturated rings. The molecule has 2 atom stereocenters. The molecule has 0 spiro atoms. The lowest BCUT2D eigenvalue weighted by Crippen LogP contribution is -2.50. The van der Waals surface area contributed by atoms with Gasteiger partial charge in [0.15, 0.2) is 0 Å². The van der Waals surface area contributed by atoms with Gasteiger partial charge < -0.3 is 5.32 Å². The van der Waals surface area contributed by atoms with Crippen molar-refractivity contribution in [3.05, 3.63) is 0 Å². The van der Waals surface area contributed by atoms with E-state index in [1.54, 1.807) is 0 Å². The van der Waals surface area contributed by atoms with Gasteiger partial charge in [-0.3, -0.25) is 4.90 Å². The highest BCUT2D eigenvalue weighted by atomic mass is 15.2. The predicted molar refractivity (Wildman–Crippen MR) is 71.9 cm³/mol. The van der Waals surface area contributed by atoms with E-state index >= 15 is 0 Å². The second-order valence-electron chi connectivity index (χ2n) is 5.39. The van der Waals surface area contributed by atoms with E-state index in [1.807, 2.05) is 0 Å². The summed E-state index contributed by atoms with van der Waals surface area (Å²) in [6.45, 7) is 11.7. The van der Waals surface area contributed by atoms with E-state index in [-0.39, 0.29) is 0 Å². The number of nitrogens with one attached hydrogen (secondary N) is 1. The molecule has 1 rings (SSSR count). The molecule has 1 N–H and O–H groups in total. The Morgan fingerprint density at radius 2 is 1.94 bits per heavy atom. The normalized spacial score (nSPS) is 25.9. The van der Waals surface area contributed by atoms with E-state index in [1.165, 1.54) is 45.2 Å². The van der Waals surface area contributed by atoms with Crippen LogP contribution in [0.2, 0.25) is 0 Å². The van der Waals surface area contributed by atoms with Crippen LogP contribution < -0.4 is 5.32 Å². The van der Waals surface area contributed by atoms with Crippen LogP contribution in [0.1, 0.15) is 59.8 Å². The van der Waals surface area contributed by atoms with Gasteiger partial charge in [0.1, 0.15) is 0 Å². The zero-order chi connectivity index (χ0) is 12.0. The minimum Gasteiger partial charge on any atom is -0.312 e. The lowest BCUT2D eigenvalue weighted by molar-refractivity contribution is 0.134. The Morgan fingerprint density at radius 3 is 2.50 bits per heavy atom. The van der Waals surface area contributed by atoms with Gasteiger partial charge in [-0.1, -0.05) is 20.3 Å². The van der Waals surface area contributed by atoms with E-state index in [2.05, 4.69) is 37.9 Å². The molecule has 0 saturated heterocycles. The molecule has 0 bridgehead atoms. The first-order valence-electron chi connectivity index (χ1n) is 7.19. The molecule has 0 aromatic heterocycles. The molecule has 96 valence electrons. The van der Waals surface area contributed by atoms with Crippen molar-refractivity contribution in [3.63, 3.8) is 0 Å². The van der Waals surface area contributed by atoms with Crippen LogP contribution in [-0.4, -0.2) is 36.1 Å². The highest BCUT2D eigenvalue weighted by Gasteiger charge is 2.32. The highest BCUT2D eigenvalue weighted by molar-refractivity contribution is 4.91. The fraction of sp³-hybridized carbons (Fsp3) is 1.00. The number of hydrogen-bond acceptors (Lipinski definition) is 2. The van der Waals surface area contributed by atoms with Crippen molar-refractivity contribution in [2.45, 2.75) is 77.9 Å². The fourth-order valence-electron chi connectivity index (χ4n) is 2.97. The molecule has 2 unspecified atom stereocenters. The zero-order valence-electron chi connectivity index (χ0n) is 11.6. The van der Waals surface area contributed by atoms with Crippen LogP contribution in [0.4, 0.5) is 0 Å². The van der Waals surface area contributed by atoms with Crippen molar-refractivity contribution >= 4 is 0 Å². The van der Waals surface area contributed by atoms with Crippen LogP contribution in [0.25, 0.3) is 0 Å². The summed E-state index contributed by atoms with van der Waals surface area (Å²) in [5.41, 5.74) is 0. The number of rotatable bonds is 7. The van der Waals surface area contributed by atoms with Gasteiger partial charge >= 0.3 is 0 Å². The third kappa shape index (κ3) is 3.74. The SMILES string of the molecule is CCCNC1CCCC1N(CCC)C(C)C. The molecule has 2 heteroatoms. The number of hydrogen-bond donors (Lipinski definition) is 1. The molecule has 1 saturated carbocycles. The summed E-state index contributed by atoms with van der Waals surface area (Å²) < 4.78 is 0. The average molecular weight is 226 g/mol. The summed E-state index contributed by atoms with van der Waals surface area (Å²) in [6, 6.07) is 2.22. The minimum atomic E-state index is 0.689. The molecular weight excluding hydrogens is 196 g/mol.